The number of halogens is 1. The summed E-state index contributed by atoms with van der Waals surface area (Å²) < 4.78 is 18.5. The molecule has 1 aromatic rings. The van der Waals surface area contributed by atoms with Crippen molar-refractivity contribution in [2.24, 2.45) is 11.7 Å². The van der Waals surface area contributed by atoms with Crippen molar-refractivity contribution in [3.8, 4) is 0 Å². The normalized spacial score (nSPS) is 29.9. The third-order valence-electron chi connectivity index (χ3n) is 2.88. The van der Waals surface area contributed by atoms with Gasteiger partial charge in [0.1, 0.15) is 6.17 Å². The van der Waals surface area contributed by atoms with Gasteiger partial charge in [0.2, 0.25) is 0 Å². The molecule has 0 aromatic heterocycles. The maximum Gasteiger partial charge on any atom is 0.120 e. The van der Waals surface area contributed by atoms with E-state index in [0.717, 1.165) is 12.0 Å². The molecule has 1 aromatic carbocycles. The molecule has 0 saturated heterocycles. The highest BCUT2D eigenvalue weighted by Crippen LogP contribution is 2.29. The first kappa shape index (κ1) is 10.6. The van der Waals surface area contributed by atoms with Gasteiger partial charge in [-0.3, -0.25) is 0 Å². The molecule has 1 saturated carbocycles. The second-order valence-electron chi connectivity index (χ2n) is 4.10. The van der Waals surface area contributed by atoms with Gasteiger partial charge in [-0.25, -0.2) is 4.39 Å². The lowest BCUT2D eigenvalue weighted by atomic mass is 9.79. The maximum atomic E-state index is 13.1. The van der Waals surface area contributed by atoms with E-state index >= 15 is 0 Å². The molecule has 0 heterocycles. The van der Waals surface area contributed by atoms with Crippen molar-refractivity contribution in [1.82, 2.24) is 0 Å². The van der Waals surface area contributed by atoms with Crippen molar-refractivity contribution in [3.63, 3.8) is 0 Å². The minimum absolute atomic E-state index is 0.00344. The Labute approximate surface area is 89.2 Å². The van der Waals surface area contributed by atoms with Gasteiger partial charge in [-0.15, -0.1) is 0 Å². The van der Waals surface area contributed by atoms with Gasteiger partial charge in [0.15, 0.2) is 0 Å². The number of ether oxygens (including phenoxy) is 1. The van der Waals surface area contributed by atoms with E-state index in [2.05, 4.69) is 0 Å². The minimum Gasteiger partial charge on any atom is -0.376 e. The molecule has 0 unspecified atom stereocenters. The summed E-state index contributed by atoms with van der Waals surface area (Å²) in [6.45, 7) is 1.03. The number of alkyl halides is 1. The van der Waals surface area contributed by atoms with Crippen LogP contribution < -0.4 is 5.73 Å². The maximum absolute atomic E-state index is 13.1. The first-order valence-corrected chi connectivity index (χ1v) is 5.28. The predicted molar refractivity (Wildman–Crippen MR) is 57.1 cm³/mol. The summed E-state index contributed by atoms with van der Waals surface area (Å²) >= 11 is 0. The van der Waals surface area contributed by atoms with Crippen LogP contribution in [0.2, 0.25) is 0 Å². The smallest absolute Gasteiger partial charge is 0.120 e. The second kappa shape index (κ2) is 4.73. The molecule has 0 aliphatic heterocycles. The highest BCUT2D eigenvalue weighted by atomic mass is 19.1. The fourth-order valence-corrected chi connectivity index (χ4v) is 1.83. The van der Waals surface area contributed by atoms with Crippen LogP contribution in [0.15, 0.2) is 30.3 Å². The molecule has 1 aliphatic rings. The monoisotopic (exact) mass is 209 g/mol. The standard InChI is InChI=1S/C12H16FNO/c13-12-10(6-11(12)14)8-15-7-9-4-2-1-3-5-9/h1-5,10-12H,6-8,14H2/t10-,11+,12-/m1/s1. The molecule has 2 nitrogen and oxygen atoms in total. The molecule has 1 aliphatic carbocycles. The molecule has 1 fully saturated rings. The third kappa shape index (κ3) is 2.55. The Morgan fingerprint density at radius 1 is 1.33 bits per heavy atom. The summed E-state index contributed by atoms with van der Waals surface area (Å²) in [7, 11) is 0. The summed E-state index contributed by atoms with van der Waals surface area (Å²) in [6.07, 6.45) is -0.128. The van der Waals surface area contributed by atoms with E-state index in [0.29, 0.717) is 13.2 Å². The van der Waals surface area contributed by atoms with Crippen LogP contribution in [0.5, 0.6) is 0 Å². The fourth-order valence-electron chi connectivity index (χ4n) is 1.83. The Hall–Kier alpha value is -0.930. The minimum atomic E-state index is -0.874. The van der Waals surface area contributed by atoms with Gasteiger partial charge < -0.3 is 10.5 Å². The topological polar surface area (TPSA) is 35.2 Å². The van der Waals surface area contributed by atoms with Gasteiger partial charge in [-0.1, -0.05) is 30.3 Å². The molecule has 3 atom stereocenters. The largest absolute Gasteiger partial charge is 0.376 e. The summed E-state index contributed by atoms with van der Waals surface area (Å²) in [6, 6.07) is 9.63. The Kier molecular flexibility index (Phi) is 3.34. The average Bonchev–Trinajstić information content (AvgIpc) is 2.29. The first-order valence-electron chi connectivity index (χ1n) is 5.28. The van der Waals surface area contributed by atoms with Crippen LogP contribution in [0, 0.1) is 5.92 Å². The molecule has 82 valence electrons. The summed E-state index contributed by atoms with van der Waals surface area (Å²) in [5.41, 5.74) is 6.59. The van der Waals surface area contributed by atoms with E-state index in [1.165, 1.54) is 0 Å². The molecular formula is C12H16FNO. The van der Waals surface area contributed by atoms with Crippen molar-refractivity contribution >= 4 is 0 Å². The Morgan fingerprint density at radius 2 is 2.07 bits per heavy atom. The van der Waals surface area contributed by atoms with E-state index in [4.69, 9.17) is 10.5 Å². The van der Waals surface area contributed by atoms with Gasteiger partial charge >= 0.3 is 0 Å². The van der Waals surface area contributed by atoms with Crippen molar-refractivity contribution in [2.75, 3.05) is 6.61 Å². The van der Waals surface area contributed by atoms with Crippen LogP contribution in [0.25, 0.3) is 0 Å². The van der Waals surface area contributed by atoms with Gasteiger partial charge in [0.25, 0.3) is 0 Å². The van der Waals surface area contributed by atoms with Crippen LogP contribution in [0.3, 0.4) is 0 Å². The Balaban J connectivity index is 1.68. The number of rotatable bonds is 4. The van der Waals surface area contributed by atoms with Crippen LogP contribution in [0.4, 0.5) is 4.39 Å². The highest BCUT2D eigenvalue weighted by molar-refractivity contribution is 5.13. The molecule has 0 amide bonds. The van der Waals surface area contributed by atoms with Gasteiger partial charge in [-0.05, 0) is 12.0 Å². The van der Waals surface area contributed by atoms with Gasteiger partial charge in [0, 0.05) is 12.0 Å². The van der Waals surface area contributed by atoms with Crippen LogP contribution in [-0.2, 0) is 11.3 Å². The molecule has 0 bridgehead atoms. The summed E-state index contributed by atoms with van der Waals surface area (Å²) in [4.78, 5) is 0. The fraction of sp³-hybridized carbons (Fsp3) is 0.500. The van der Waals surface area contributed by atoms with Crippen LogP contribution in [-0.4, -0.2) is 18.8 Å². The quantitative estimate of drug-likeness (QED) is 0.821. The molecule has 3 heteroatoms. The van der Waals surface area contributed by atoms with E-state index in [9.17, 15) is 4.39 Å². The number of nitrogens with two attached hydrogens (primary N) is 1. The summed E-state index contributed by atoms with van der Waals surface area (Å²) in [5.74, 6) is 0.00344. The second-order valence-corrected chi connectivity index (χ2v) is 4.10. The molecule has 2 N–H and O–H groups in total. The van der Waals surface area contributed by atoms with E-state index in [1.807, 2.05) is 30.3 Å². The van der Waals surface area contributed by atoms with Crippen LogP contribution in [0.1, 0.15) is 12.0 Å². The highest BCUT2D eigenvalue weighted by Gasteiger charge is 2.38. The van der Waals surface area contributed by atoms with E-state index in [1.54, 1.807) is 0 Å². The molecule has 0 radical (unpaired) electrons. The third-order valence-corrected chi connectivity index (χ3v) is 2.88. The van der Waals surface area contributed by atoms with Crippen LogP contribution >= 0.6 is 0 Å². The average molecular weight is 209 g/mol. The number of benzene rings is 1. The Morgan fingerprint density at radius 3 is 2.67 bits per heavy atom. The predicted octanol–water partition coefficient (Wildman–Crippen LogP) is 1.89. The molecule has 2 rings (SSSR count). The Bertz CT molecular complexity index is 304. The van der Waals surface area contributed by atoms with Crippen molar-refractivity contribution in [1.29, 1.82) is 0 Å². The van der Waals surface area contributed by atoms with Crippen molar-refractivity contribution < 1.29 is 9.13 Å². The van der Waals surface area contributed by atoms with Crippen molar-refractivity contribution in [2.45, 2.75) is 25.2 Å². The van der Waals surface area contributed by atoms with Gasteiger partial charge in [-0.2, -0.15) is 0 Å². The van der Waals surface area contributed by atoms with Crippen molar-refractivity contribution in [3.05, 3.63) is 35.9 Å². The lowest BCUT2D eigenvalue weighted by Crippen LogP contribution is -2.51. The zero-order valence-corrected chi connectivity index (χ0v) is 8.60. The number of hydrogen-bond donors (Lipinski definition) is 1. The first-order chi connectivity index (χ1) is 7.27. The SMILES string of the molecule is N[C@H]1C[C@H](COCc2ccccc2)[C@H]1F. The van der Waals surface area contributed by atoms with E-state index in [-0.39, 0.29) is 12.0 Å². The zero-order valence-electron chi connectivity index (χ0n) is 8.60. The van der Waals surface area contributed by atoms with E-state index < -0.39 is 6.17 Å². The molecule has 15 heavy (non-hydrogen) atoms. The van der Waals surface area contributed by atoms with Gasteiger partial charge in [0.05, 0.1) is 13.2 Å². The number of hydrogen-bond acceptors (Lipinski definition) is 2. The zero-order chi connectivity index (χ0) is 10.7. The molecular weight excluding hydrogens is 193 g/mol. The summed E-state index contributed by atoms with van der Waals surface area (Å²) in [5, 5.41) is 0. The lowest BCUT2D eigenvalue weighted by Gasteiger charge is -2.36. The molecule has 0 spiro atoms. The lowest BCUT2D eigenvalue weighted by molar-refractivity contribution is -0.00675.